The van der Waals surface area contributed by atoms with Crippen molar-refractivity contribution >= 4 is 11.8 Å². The highest BCUT2D eigenvalue weighted by atomic mass is 16.7. The minimum Gasteiger partial charge on any atom is -0.377 e. The Labute approximate surface area is 183 Å². The first kappa shape index (κ1) is 25.9. The molecular weight excluding hydrogens is 410 g/mol. The monoisotopic (exact) mass is 445 g/mol. The fourth-order valence-electron chi connectivity index (χ4n) is 2.87. The Bertz CT molecular complexity index is 505. The highest BCUT2D eigenvalue weighted by Gasteiger charge is 2.22. The van der Waals surface area contributed by atoms with E-state index in [1.165, 1.54) is 12.2 Å². The van der Waals surface area contributed by atoms with Crippen molar-refractivity contribution in [3.8, 4) is 0 Å². The molecular formula is C21H35NO9. The molecule has 1 fully saturated rings. The van der Waals surface area contributed by atoms with Gasteiger partial charge in [0.25, 0.3) is 11.8 Å². The smallest absolute Gasteiger partial charge is 0.253 e. The summed E-state index contributed by atoms with van der Waals surface area (Å²) in [6, 6.07) is 0. The number of nitrogens with zero attached hydrogens (tertiary/aromatic N) is 1. The van der Waals surface area contributed by atoms with Gasteiger partial charge in [-0.2, -0.15) is 0 Å². The van der Waals surface area contributed by atoms with Crippen molar-refractivity contribution in [3.63, 3.8) is 0 Å². The zero-order valence-electron chi connectivity index (χ0n) is 18.2. The fraction of sp³-hybridized carbons (Fsp3) is 0.810. The largest absolute Gasteiger partial charge is 0.377 e. The van der Waals surface area contributed by atoms with Gasteiger partial charge >= 0.3 is 0 Å². The van der Waals surface area contributed by atoms with E-state index in [-0.39, 0.29) is 24.6 Å². The Morgan fingerprint density at radius 2 is 1.19 bits per heavy atom. The Kier molecular flexibility index (Phi) is 14.3. The van der Waals surface area contributed by atoms with E-state index in [1.54, 1.807) is 0 Å². The Hall–Kier alpha value is -1.40. The summed E-state index contributed by atoms with van der Waals surface area (Å²) in [4.78, 5) is 23.8. The lowest BCUT2D eigenvalue weighted by atomic mass is 10.2. The van der Waals surface area contributed by atoms with Crippen molar-refractivity contribution in [1.29, 1.82) is 0 Å². The Morgan fingerprint density at radius 3 is 1.68 bits per heavy atom. The summed E-state index contributed by atoms with van der Waals surface area (Å²) >= 11 is 0. The van der Waals surface area contributed by atoms with E-state index in [1.807, 2.05) is 0 Å². The molecule has 0 aromatic rings. The summed E-state index contributed by atoms with van der Waals surface area (Å²) in [6.45, 7) is 6.19. The number of hydrogen-bond donors (Lipinski definition) is 0. The molecule has 0 N–H and O–H groups in total. The van der Waals surface area contributed by atoms with Crippen LogP contribution in [0.3, 0.4) is 0 Å². The van der Waals surface area contributed by atoms with Crippen molar-refractivity contribution < 1.29 is 42.7 Å². The van der Waals surface area contributed by atoms with Crippen LogP contribution < -0.4 is 0 Å². The third-order valence-electron chi connectivity index (χ3n) is 4.52. The maximum Gasteiger partial charge on any atom is 0.253 e. The number of imide groups is 1. The highest BCUT2D eigenvalue weighted by Crippen LogP contribution is 2.13. The van der Waals surface area contributed by atoms with E-state index in [4.69, 9.17) is 33.2 Å². The molecule has 10 heteroatoms. The molecule has 1 saturated heterocycles. The van der Waals surface area contributed by atoms with Crippen LogP contribution in [0.4, 0.5) is 0 Å². The van der Waals surface area contributed by atoms with Gasteiger partial charge in [0.2, 0.25) is 0 Å². The van der Waals surface area contributed by atoms with Gasteiger partial charge < -0.3 is 33.2 Å². The number of amides is 2. The molecule has 0 aromatic carbocycles. The van der Waals surface area contributed by atoms with Gasteiger partial charge in [-0.3, -0.25) is 14.5 Å². The zero-order valence-corrected chi connectivity index (χ0v) is 18.2. The molecule has 0 aromatic heterocycles. The number of carbonyl (C=O) groups is 2. The first-order chi connectivity index (χ1) is 15.3. The molecule has 1 atom stereocenters. The Morgan fingerprint density at radius 1 is 0.710 bits per heavy atom. The predicted molar refractivity (Wildman–Crippen MR) is 109 cm³/mol. The van der Waals surface area contributed by atoms with Crippen LogP contribution in [0.1, 0.15) is 19.3 Å². The van der Waals surface area contributed by atoms with Gasteiger partial charge in [-0.05, 0) is 19.3 Å². The van der Waals surface area contributed by atoms with Crippen LogP contribution in [-0.4, -0.2) is 109 Å². The molecule has 0 saturated carbocycles. The third-order valence-corrected chi connectivity index (χ3v) is 4.52. The van der Waals surface area contributed by atoms with Crippen LogP contribution in [0.5, 0.6) is 0 Å². The molecule has 10 nitrogen and oxygen atoms in total. The lowest BCUT2D eigenvalue weighted by molar-refractivity contribution is -0.169. The van der Waals surface area contributed by atoms with Gasteiger partial charge in [-0.15, -0.1) is 0 Å². The van der Waals surface area contributed by atoms with E-state index < -0.39 is 0 Å². The van der Waals surface area contributed by atoms with Crippen molar-refractivity contribution in [2.45, 2.75) is 25.6 Å². The second-order valence-electron chi connectivity index (χ2n) is 6.89. The summed E-state index contributed by atoms with van der Waals surface area (Å²) in [5.74, 6) is -0.595. The molecule has 2 rings (SSSR count). The summed E-state index contributed by atoms with van der Waals surface area (Å²) in [6.07, 6.45) is 5.69. The highest BCUT2D eigenvalue weighted by molar-refractivity contribution is 6.12. The van der Waals surface area contributed by atoms with Gasteiger partial charge in [0.15, 0.2) is 6.29 Å². The van der Waals surface area contributed by atoms with E-state index in [9.17, 15) is 9.59 Å². The van der Waals surface area contributed by atoms with Gasteiger partial charge in [-0.25, -0.2) is 0 Å². The second-order valence-corrected chi connectivity index (χ2v) is 6.89. The quantitative estimate of drug-likeness (QED) is 0.208. The molecule has 2 aliphatic rings. The molecule has 2 amide bonds. The van der Waals surface area contributed by atoms with Crippen molar-refractivity contribution in [3.05, 3.63) is 12.2 Å². The van der Waals surface area contributed by atoms with Crippen LogP contribution in [0.15, 0.2) is 12.2 Å². The minimum absolute atomic E-state index is 0.0707. The number of hydrogen-bond acceptors (Lipinski definition) is 9. The van der Waals surface area contributed by atoms with Crippen LogP contribution in [0.25, 0.3) is 0 Å². The van der Waals surface area contributed by atoms with Crippen LogP contribution in [-0.2, 0) is 42.7 Å². The summed E-state index contributed by atoms with van der Waals surface area (Å²) in [7, 11) is 0. The Balaban J connectivity index is 1.22. The van der Waals surface area contributed by atoms with E-state index in [0.29, 0.717) is 72.7 Å². The van der Waals surface area contributed by atoms with Gasteiger partial charge in [0.05, 0.1) is 79.2 Å². The number of carbonyl (C=O) groups excluding carboxylic acids is 2. The summed E-state index contributed by atoms with van der Waals surface area (Å²) in [5.41, 5.74) is 0. The van der Waals surface area contributed by atoms with Gasteiger partial charge in [-0.1, -0.05) is 0 Å². The molecule has 31 heavy (non-hydrogen) atoms. The molecule has 0 radical (unpaired) electrons. The first-order valence-electron chi connectivity index (χ1n) is 10.9. The van der Waals surface area contributed by atoms with E-state index >= 15 is 0 Å². The number of ether oxygens (including phenoxy) is 7. The van der Waals surface area contributed by atoms with E-state index in [0.717, 1.165) is 30.8 Å². The lowest BCUT2D eigenvalue weighted by Crippen LogP contribution is -2.33. The maximum absolute atomic E-state index is 11.3. The predicted octanol–water partition coefficient (Wildman–Crippen LogP) is 0.538. The standard InChI is InChI=1S/C21H35NO9/c23-19-4-5-20(24)22(19)6-8-25-9-10-26-11-12-27-13-14-28-15-16-29-17-18-31-21-3-1-2-7-30-21/h4-5,21H,1-3,6-18H2. The summed E-state index contributed by atoms with van der Waals surface area (Å²) < 4.78 is 38.1. The molecule has 1 unspecified atom stereocenters. The van der Waals surface area contributed by atoms with Crippen molar-refractivity contribution in [2.75, 3.05) is 85.8 Å². The molecule has 2 aliphatic heterocycles. The molecule has 0 spiro atoms. The lowest BCUT2D eigenvalue weighted by Gasteiger charge is -2.22. The average Bonchev–Trinajstić information content (AvgIpc) is 3.11. The fourth-order valence-corrected chi connectivity index (χ4v) is 2.87. The molecule has 178 valence electrons. The third kappa shape index (κ3) is 12.3. The topological polar surface area (TPSA) is 102 Å². The zero-order chi connectivity index (χ0) is 22.0. The normalized spacial score (nSPS) is 19.0. The number of rotatable bonds is 19. The first-order valence-corrected chi connectivity index (χ1v) is 10.9. The second kappa shape index (κ2) is 17.2. The van der Waals surface area contributed by atoms with E-state index in [2.05, 4.69) is 0 Å². The maximum atomic E-state index is 11.3. The van der Waals surface area contributed by atoms with Gasteiger partial charge in [0, 0.05) is 18.8 Å². The summed E-state index contributed by atoms with van der Waals surface area (Å²) in [5, 5.41) is 0. The molecule has 2 heterocycles. The van der Waals surface area contributed by atoms with Gasteiger partial charge in [0.1, 0.15) is 0 Å². The SMILES string of the molecule is O=C1C=CC(=O)N1CCOCCOCCOCCOCCOCCOC1CCCCO1. The molecule has 0 aliphatic carbocycles. The van der Waals surface area contributed by atoms with Crippen LogP contribution in [0, 0.1) is 0 Å². The minimum atomic E-state index is -0.298. The van der Waals surface area contributed by atoms with Crippen LogP contribution >= 0.6 is 0 Å². The average molecular weight is 446 g/mol. The molecule has 0 bridgehead atoms. The van der Waals surface area contributed by atoms with Crippen molar-refractivity contribution in [1.82, 2.24) is 4.90 Å². The van der Waals surface area contributed by atoms with Crippen LogP contribution in [0.2, 0.25) is 0 Å². The van der Waals surface area contributed by atoms with Crippen molar-refractivity contribution in [2.24, 2.45) is 0 Å².